The van der Waals surface area contributed by atoms with Crippen molar-refractivity contribution in [3.05, 3.63) is 95.3 Å². The summed E-state index contributed by atoms with van der Waals surface area (Å²) in [6.45, 7) is 9.58. The minimum atomic E-state index is -0.228. The van der Waals surface area contributed by atoms with Gasteiger partial charge in [-0.15, -0.1) is 0 Å². The lowest BCUT2D eigenvalue weighted by molar-refractivity contribution is -0.121. The van der Waals surface area contributed by atoms with E-state index in [9.17, 15) is 4.79 Å². The quantitative estimate of drug-likeness (QED) is 0.338. The Morgan fingerprint density at radius 2 is 1.74 bits per heavy atom. The van der Waals surface area contributed by atoms with Crippen LogP contribution in [0, 0.1) is 6.92 Å². The highest BCUT2D eigenvalue weighted by molar-refractivity contribution is 5.79. The molecule has 0 saturated heterocycles. The van der Waals surface area contributed by atoms with E-state index in [0.29, 0.717) is 25.5 Å². The second-order valence-corrected chi connectivity index (χ2v) is 9.11. The highest BCUT2D eigenvalue weighted by atomic mass is 16.5. The molecule has 1 aromatic heterocycles. The fourth-order valence-electron chi connectivity index (χ4n) is 4.29. The number of nitrogens with zero attached hydrogens (tertiary/aromatic N) is 2. The number of nitrogens with one attached hydrogen (secondary N) is 1. The van der Waals surface area contributed by atoms with E-state index in [1.807, 2.05) is 55.5 Å². The molecule has 34 heavy (non-hydrogen) atoms. The van der Waals surface area contributed by atoms with Crippen molar-refractivity contribution in [3.8, 4) is 5.75 Å². The van der Waals surface area contributed by atoms with E-state index in [1.54, 1.807) is 0 Å². The van der Waals surface area contributed by atoms with Gasteiger partial charge in [-0.25, -0.2) is 4.98 Å². The highest BCUT2D eigenvalue weighted by Crippen LogP contribution is 2.28. The lowest BCUT2D eigenvalue weighted by atomic mass is 10.0. The topological polar surface area (TPSA) is 56.1 Å². The molecule has 1 atom stereocenters. The molecule has 3 aromatic carbocycles. The van der Waals surface area contributed by atoms with Crippen molar-refractivity contribution in [2.45, 2.75) is 52.6 Å². The Morgan fingerprint density at radius 3 is 2.50 bits per heavy atom. The van der Waals surface area contributed by atoms with Crippen molar-refractivity contribution in [1.82, 2.24) is 14.9 Å². The number of amides is 1. The van der Waals surface area contributed by atoms with Gasteiger partial charge in [0.1, 0.15) is 18.2 Å². The first-order valence-electron chi connectivity index (χ1n) is 11.9. The molecule has 1 heterocycles. The van der Waals surface area contributed by atoms with E-state index >= 15 is 0 Å². The monoisotopic (exact) mass is 455 g/mol. The molecular formula is C29H33N3O2. The maximum Gasteiger partial charge on any atom is 0.224 e. The lowest BCUT2D eigenvalue weighted by Crippen LogP contribution is -2.30. The van der Waals surface area contributed by atoms with Crippen molar-refractivity contribution >= 4 is 16.9 Å². The maximum atomic E-state index is 12.7. The van der Waals surface area contributed by atoms with Gasteiger partial charge < -0.3 is 14.6 Å². The molecule has 5 heteroatoms. The average Bonchev–Trinajstić information content (AvgIpc) is 3.18. The minimum Gasteiger partial charge on any atom is -0.491 e. The Kier molecular flexibility index (Phi) is 7.31. The van der Waals surface area contributed by atoms with Crippen LogP contribution in [0.4, 0.5) is 0 Å². The van der Waals surface area contributed by atoms with Gasteiger partial charge in [-0.1, -0.05) is 68.4 Å². The average molecular weight is 456 g/mol. The second kappa shape index (κ2) is 10.6. The van der Waals surface area contributed by atoms with E-state index in [4.69, 9.17) is 9.72 Å². The Labute approximate surface area is 201 Å². The molecule has 1 unspecified atom stereocenters. The maximum absolute atomic E-state index is 12.7. The normalized spacial score (nSPS) is 12.1. The summed E-state index contributed by atoms with van der Waals surface area (Å²) >= 11 is 0. The first-order valence-corrected chi connectivity index (χ1v) is 11.9. The van der Waals surface area contributed by atoms with Gasteiger partial charge in [0, 0.05) is 0 Å². The largest absolute Gasteiger partial charge is 0.491 e. The molecule has 0 aliphatic rings. The van der Waals surface area contributed by atoms with Crippen LogP contribution < -0.4 is 10.1 Å². The Balaban J connectivity index is 1.51. The molecule has 5 nitrogen and oxygen atoms in total. The van der Waals surface area contributed by atoms with Gasteiger partial charge in [-0.05, 0) is 54.7 Å². The van der Waals surface area contributed by atoms with E-state index < -0.39 is 0 Å². The number of carbonyl (C=O) groups is 1. The second-order valence-electron chi connectivity index (χ2n) is 9.11. The smallest absolute Gasteiger partial charge is 0.224 e. The number of benzene rings is 3. The summed E-state index contributed by atoms with van der Waals surface area (Å²) in [4.78, 5) is 17.5. The SMILES string of the molecule is Cc1ccc(C(C)C)c(OCCn2c(C(C)NC(=O)Cc3ccccc3)nc3ccccc32)c1. The molecule has 176 valence electrons. The van der Waals surface area contributed by atoms with Crippen LogP contribution in [0.3, 0.4) is 0 Å². The van der Waals surface area contributed by atoms with Crippen molar-refractivity contribution in [2.75, 3.05) is 6.61 Å². The number of aryl methyl sites for hydroxylation is 1. The fraction of sp³-hybridized carbons (Fsp3) is 0.310. The standard InChI is InChI=1S/C29H33N3O2/c1-20(2)24-15-14-21(3)18-27(24)34-17-16-32-26-13-9-8-12-25(26)31-29(32)22(4)30-28(33)19-23-10-6-5-7-11-23/h5-15,18,20,22H,16-17,19H2,1-4H3,(H,30,33). The summed E-state index contributed by atoms with van der Waals surface area (Å²) in [6, 6.07) is 24.0. The summed E-state index contributed by atoms with van der Waals surface area (Å²) in [5, 5.41) is 3.12. The molecule has 4 rings (SSSR count). The van der Waals surface area contributed by atoms with Crippen molar-refractivity contribution in [3.63, 3.8) is 0 Å². The van der Waals surface area contributed by atoms with Gasteiger partial charge in [0.25, 0.3) is 0 Å². The van der Waals surface area contributed by atoms with Crippen LogP contribution >= 0.6 is 0 Å². The molecule has 0 bridgehead atoms. The van der Waals surface area contributed by atoms with Gasteiger partial charge in [0.2, 0.25) is 5.91 Å². The number of rotatable bonds is 9. The van der Waals surface area contributed by atoms with Gasteiger partial charge >= 0.3 is 0 Å². The summed E-state index contributed by atoms with van der Waals surface area (Å²) in [5.41, 5.74) is 5.35. The van der Waals surface area contributed by atoms with Crippen molar-refractivity contribution in [2.24, 2.45) is 0 Å². The molecule has 1 amide bonds. The van der Waals surface area contributed by atoms with Crippen LogP contribution in [0.25, 0.3) is 11.0 Å². The third kappa shape index (κ3) is 5.48. The number of imidazole rings is 1. The molecule has 0 saturated carbocycles. The predicted molar refractivity (Wildman–Crippen MR) is 137 cm³/mol. The minimum absolute atomic E-state index is 0.0186. The zero-order valence-electron chi connectivity index (χ0n) is 20.4. The Hall–Kier alpha value is -3.60. The van der Waals surface area contributed by atoms with Crippen molar-refractivity contribution in [1.29, 1.82) is 0 Å². The highest BCUT2D eigenvalue weighted by Gasteiger charge is 2.19. The lowest BCUT2D eigenvalue weighted by Gasteiger charge is -2.18. The van der Waals surface area contributed by atoms with Crippen LogP contribution in [0.15, 0.2) is 72.8 Å². The van der Waals surface area contributed by atoms with Crippen LogP contribution in [0.2, 0.25) is 0 Å². The number of para-hydroxylation sites is 2. The molecule has 1 N–H and O–H groups in total. The number of aromatic nitrogens is 2. The van der Waals surface area contributed by atoms with Gasteiger partial charge in [-0.2, -0.15) is 0 Å². The molecule has 0 fully saturated rings. The number of carbonyl (C=O) groups excluding carboxylic acids is 1. The first-order chi connectivity index (χ1) is 16.4. The Bertz CT molecular complexity index is 1260. The predicted octanol–water partition coefficient (Wildman–Crippen LogP) is 5.97. The third-order valence-corrected chi connectivity index (χ3v) is 6.02. The molecule has 0 spiro atoms. The summed E-state index contributed by atoms with van der Waals surface area (Å²) < 4.78 is 8.42. The zero-order chi connectivity index (χ0) is 24.1. The van der Waals surface area contributed by atoms with Crippen LogP contribution in [-0.4, -0.2) is 22.1 Å². The Morgan fingerprint density at radius 1 is 1.00 bits per heavy atom. The number of hydrogen-bond donors (Lipinski definition) is 1. The summed E-state index contributed by atoms with van der Waals surface area (Å²) in [5.74, 6) is 2.14. The number of fused-ring (bicyclic) bond motifs is 1. The van der Waals surface area contributed by atoms with Gasteiger partial charge in [-0.3, -0.25) is 4.79 Å². The first kappa shape index (κ1) is 23.6. The molecule has 0 radical (unpaired) electrons. The van der Waals surface area contributed by atoms with Crippen LogP contribution in [0.1, 0.15) is 55.2 Å². The fourth-order valence-corrected chi connectivity index (χ4v) is 4.29. The van der Waals surface area contributed by atoms with E-state index in [-0.39, 0.29) is 11.9 Å². The van der Waals surface area contributed by atoms with Crippen molar-refractivity contribution < 1.29 is 9.53 Å². The number of hydrogen-bond acceptors (Lipinski definition) is 3. The molecule has 0 aliphatic carbocycles. The van der Waals surface area contributed by atoms with Crippen LogP contribution in [-0.2, 0) is 17.8 Å². The zero-order valence-corrected chi connectivity index (χ0v) is 20.4. The summed E-state index contributed by atoms with van der Waals surface area (Å²) in [6.07, 6.45) is 0.347. The molecule has 0 aliphatic heterocycles. The van der Waals surface area contributed by atoms with E-state index in [2.05, 4.69) is 54.9 Å². The molecular weight excluding hydrogens is 422 g/mol. The van der Waals surface area contributed by atoms with E-state index in [1.165, 1.54) is 11.1 Å². The third-order valence-electron chi connectivity index (χ3n) is 6.02. The van der Waals surface area contributed by atoms with Crippen LogP contribution in [0.5, 0.6) is 5.75 Å². The van der Waals surface area contributed by atoms with Gasteiger partial charge in [0.05, 0.1) is 30.0 Å². The number of ether oxygens (including phenoxy) is 1. The van der Waals surface area contributed by atoms with E-state index in [0.717, 1.165) is 28.2 Å². The summed E-state index contributed by atoms with van der Waals surface area (Å²) in [7, 11) is 0. The van der Waals surface area contributed by atoms with Gasteiger partial charge in [0.15, 0.2) is 0 Å². The molecule has 4 aromatic rings.